The number of aryl methyl sites for hydroxylation is 1. The van der Waals surface area contributed by atoms with Crippen LogP contribution in [0.5, 0.6) is 0 Å². The van der Waals surface area contributed by atoms with Crippen molar-refractivity contribution in [3.8, 4) is 0 Å². The highest BCUT2D eigenvalue weighted by Crippen LogP contribution is 2.26. The van der Waals surface area contributed by atoms with Crippen LogP contribution in [0.2, 0.25) is 0 Å². The molecule has 1 rings (SSSR count). The van der Waals surface area contributed by atoms with Crippen molar-refractivity contribution in [2.45, 2.75) is 43.4 Å². The van der Waals surface area contributed by atoms with E-state index >= 15 is 0 Å². The molecule has 0 radical (unpaired) electrons. The molecule has 1 nitrogen and oxygen atoms in total. The molecule has 15 heavy (non-hydrogen) atoms. The Labute approximate surface area is 97.7 Å². The largest absolute Gasteiger partial charge is 0.316 e. The SMILES string of the molecule is CCC(NC)C(C)Sc1cccc(C)c1. The van der Waals surface area contributed by atoms with Gasteiger partial charge >= 0.3 is 0 Å². The average Bonchev–Trinajstić information content (AvgIpc) is 2.19. The number of hydrogen-bond donors (Lipinski definition) is 1. The summed E-state index contributed by atoms with van der Waals surface area (Å²) in [7, 11) is 2.04. The van der Waals surface area contributed by atoms with Crippen LogP contribution in [0.25, 0.3) is 0 Å². The van der Waals surface area contributed by atoms with Crippen molar-refractivity contribution in [1.82, 2.24) is 5.32 Å². The van der Waals surface area contributed by atoms with E-state index in [0.717, 1.165) is 0 Å². The molecular formula is C13H21NS. The fourth-order valence-electron chi connectivity index (χ4n) is 1.76. The Hall–Kier alpha value is -0.470. The summed E-state index contributed by atoms with van der Waals surface area (Å²) in [6, 6.07) is 9.31. The van der Waals surface area contributed by atoms with Gasteiger partial charge in [0.25, 0.3) is 0 Å². The van der Waals surface area contributed by atoms with E-state index in [9.17, 15) is 0 Å². The molecule has 2 atom stereocenters. The normalized spacial score (nSPS) is 14.9. The second-order valence-electron chi connectivity index (χ2n) is 3.94. The first-order chi connectivity index (χ1) is 7.17. The van der Waals surface area contributed by atoms with Gasteiger partial charge in [-0.2, -0.15) is 0 Å². The van der Waals surface area contributed by atoms with Gasteiger partial charge in [0.05, 0.1) is 0 Å². The lowest BCUT2D eigenvalue weighted by Crippen LogP contribution is -2.33. The Kier molecular flexibility index (Phi) is 5.20. The molecule has 0 aliphatic heterocycles. The van der Waals surface area contributed by atoms with Crippen molar-refractivity contribution in [2.24, 2.45) is 0 Å². The maximum absolute atomic E-state index is 3.37. The second-order valence-corrected chi connectivity index (χ2v) is 5.39. The van der Waals surface area contributed by atoms with Gasteiger partial charge in [0, 0.05) is 16.2 Å². The third kappa shape index (κ3) is 3.88. The molecule has 0 saturated heterocycles. The fourth-order valence-corrected chi connectivity index (χ4v) is 3.09. The van der Waals surface area contributed by atoms with Gasteiger partial charge in [0.15, 0.2) is 0 Å². The highest BCUT2D eigenvalue weighted by molar-refractivity contribution is 8.00. The molecular weight excluding hydrogens is 202 g/mol. The number of thioether (sulfide) groups is 1. The molecule has 1 N–H and O–H groups in total. The molecule has 84 valence electrons. The summed E-state index contributed by atoms with van der Waals surface area (Å²) < 4.78 is 0. The topological polar surface area (TPSA) is 12.0 Å². The predicted octanol–water partition coefficient (Wildman–Crippen LogP) is 3.47. The summed E-state index contributed by atoms with van der Waals surface area (Å²) in [5.41, 5.74) is 1.34. The molecule has 0 amide bonds. The molecule has 0 aliphatic carbocycles. The Morgan fingerprint density at radius 1 is 1.40 bits per heavy atom. The van der Waals surface area contributed by atoms with Crippen molar-refractivity contribution in [1.29, 1.82) is 0 Å². The van der Waals surface area contributed by atoms with Crippen LogP contribution in [0.15, 0.2) is 29.2 Å². The fraction of sp³-hybridized carbons (Fsp3) is 0.538. The van der Waals surface area contributed by atoms with E-state index in [1.807, 2.05) is 18.8 Å². The third-order valence-corrected chi connectivity index (χ3v) is 3.92. The smallest absolute Gasteiger partial charge is 0.0219 e. The quantitative estimate of drug-likeness (QED) is 0.767. The first-order valence-corrected chi connectivity index (χ1v) is 6.46. The first-order valence-electron chi connectivity index (χ1n) is 5.58. The Balaban J connectivity index is 2.61. The van der Waals surface area contributed by atoms with Crippen LogP contribution < -0.4 is 5.32 Å². The Bertz CT molecular complexity index is 294. The molecule has 1 aromatic carbocycles. The van der Waals surface area contributed by atoms with Crippen LogP contribution in [-0.4, -0.2) is 18.3 Å². The number of nitrogens with one attached hydrogen (secondary N) is 1. The summed E-state index contributed by atoms with van der Waals surface area (Å²) >= 11 is 1.95. The molecule has 0 fully saturated rings. The van der Waals surface area contributed by atoms with E-state index in [4.69, 9.17) is 0 Å². The van der Waals surface area contributed by atoms with Crippen LogP contribution in [0.4, 0.5) is 0 Å². The zero-order valence-electron chi connectivity index (χ0n) is 10.1. The maximum atomic E-state index is 3.37. The van der Waals surface area contributed by atoms with Gasteiger partial charge in [-0.25, -0.2) is 0 Å². The van der Waals surface area contributed by atoms with Crippen molar-refractivity contribution in [3.63, 3.8) is 0 Å². The standard InChI is InChI=1S/C13H21NS/c1-5-13(14-4)11(3)15-12-8-6-7-10(2)9-12/h6-9,11,13-14H,5H2,1-4H3. The zero-order chi connectivity index (χ0) is 11.3. The monoisotopic (exact) mass is 223 g/mol. The van der Waals surface area contributed by atoms with Crippen LogP contribution in [-0.2, 0) is 0 Å². The summed E-state index contributed by atoms with van der Waals surface area (Å²) in [6.07, 6.45) is 1.18. The lowest BCUT2D eigenvalue weighted by atomic mass is 10.2. The van der Waals surface area contributed by atoms with Gasteiger partial charge in [-0.1, -0.05) is 31.5 Å². The van der Waals surface area contributed by atoms with E-state index in [-0.39, 0.29) is 0 Å². The maximum Gasteiger partial charge on any atom is 0.0219 e. The Morgan fingerprint density at radius 3 is 2.67 bits per heavy atom. The average molecular weight is 223 g/mol. The Morgan fingerprint density at radius 2 is 2.13 bits per heavy atom. The van der Waals surface area contributed by atoms with Gasteiger partial charge in [0.1, 0.15) is 0 Å². The summed E-state index contributed by atoms with van der Waals surface area (Å²) in [5, 5.41) is 3.98. The molecule has 0 aromatic heterocycles. The first kappa shape index (κ1) is 12.6. The second kappa shape index (κ2) is 6.19. The van der Waals surface area contributed by atoms with E-state index in [2.05, 4.69) is 50.4 Å². The molecule has 0 bridgehead atoms. The number of benzene rings is 1. The van der Waals surface area contributed by atoms with E-state index < -0.39 is 0 Å². The number of rotatable bonds is 5. The van der Waals surface area contributed by atoms with Crippen LogP contribution in [0.1, 0.15) is 25.8 Å². The van der Waals surface area contributed by atoms with Gasteiger partial charge in [0.2, 0.25) is 0 Å². The van der Waals surface area contributed by atoms with E-state index in [0.29, 0.717) is 11.3 Å². The molecule has 0 saturated carbocycles. The van der Waals surface area contributed by atoms with Gasteiger partial charge in [-0.05, 0) is 32.5 Å². The molecule has 2 unspecified atom stereocenters. The molecule has 0 heterocycles. The van der Waals surface area contributed by atoms with Crippen molar-refractivity contribution in [2.75, 3.05) is 7.05 Å². The summed E-state index contributed by atoms with van der Waals surface area (Å²) in [5.74, 6) is 0. The summed E-state index contributed by atoms with van der Waals surface area (Å²) in [4.78, 5) is 1.37. The van der Waals surface area contributed by atoms with Crippen LogP contribution in [0, 0.1) is 6.92 Å². The zero-order valence-corrected chi connectivity index (χ0v) is 10.9. The minimum absolute atomic E-state index is 0.593. The predicted molar refractivity (Wildman–Crippen MR) is 69.6 cm³/mol. The lowest BCUT2D eigenvalue weighted by molar-refractivity contribution is 0.541. The molecule has 0 aliphatic rings. The number of hydrogen-bond acceptors (Lipinski definition) is 2. The minimum Gasteiger partial charge on any atom is -0.316 e. The summed E-state index contributed by atoms with van der Waals surface area (Å²) in [6.45, 7) is 6.66. The highest BCUT2D eigenvalue weighted by atomic mass is 32.2. The van der Waals surface area contributed by atoms with E-state index in [1.165, 1.54) is 16.9 Å². The van der Waals surface area contributed by atoms with Crippen molar-refractivity contribution >= 4 is 11.8 Å². The molecule has 0 spiro atoms. The van der Waals surface area contributed by atoms with Crippen molar-refractivity contribution < 1.29 is 0 Å². The minimum atomic E-state index is 0.593. The van der Waals surface area contributed by atoms with Crippen LogP contribution >= 0.6 is 11.8 Å². The third-order valence-electron chi connectivity index (χ3n) is 2.69. The van der Waals surface area contributed by atoms with Gasteiger partial charge in [-0.3, -0.25) is 0 Å². The van der Waals surface area contributed by atoms with Gasteiger partial charge < -0.3 is 5.32 Å². The molecule has 2 heteroatoms. The molecule has 1 aromatic rings. The van der Waals surface area contributed by atoms with Crippen molar-refractivity contribution in [3.05, 3.63) is 29.8 Å². The van der Waals surface area contributed by atoms with Gasteiger partial charge in [-0.15, -0.1) is 11.8 Å². The lowest BCUT2D eigenvalue weighted by Gasteiger charge is -2.21. The van der Waals surface area contributed by atoms with E-state index in [1.54, 1.807) is 0 Å². The highest BCUT2D eigenvalue weighted by Gasteiger charge is 2.14. The van der Waals surface area contributed by atoms with Crippen LogP contribution in [0.3, 0.4) is 0 Å².